The molecule has 3 atom stereocenters. The molecule has 12 heteroatoms. The van der Waals surface area contributed by atoms with E-state index in [1.165, 1.54) is 4.90 Å². The summed E-state index contributed by atoms with van der Waals surface area (Å²) < 4.78 is 34.7. The van der Waals surface area contributed by atoms with E-state index in [9.17, 15) is 13.6 Å². The van der Waals surface area contributed by atoms with Crippen molar-refractivity contribution in [3.8, 4) is 17.1 Å². The third-order valence-electron chi connectivity index (χ3n) is 9.70. The Bertz CT molecular complexity index is 1950. The largest absolute Gasteiger partial charge is 0.461 e. The van der Waals surface area contributed by atoms with Crippen LogP contribution >= 0.6 is 23.2 Å². The van der Waals surface area contributed by atoms with E-state index in [2.05, 4.69) is 16.3 Å². The number of hydrogen-bond donors (Lipinski definition) is 0. The fourth-order valence-corrected chi connectivity index (χ4v) is 8.07. The molecule has 0 spiro atoms. The Morgan fingerprint density at radius 1 is 1.09 bits per heavy atom. The smallest absolute Gasteiger partial charge is 0.319 e. The van der Waals surface area contributed by atoms with Crippen LogP contribution in [0.5, 0.6) is 6.01 Å². The molecule has 8 nitrogen and oxygen atoms in total. The average molecular weight is 678 g/mol. The van der Waals surface area contributed by atoms with Gasteiger partial charge in [0, 0.05) is 59.0 Å². The summed E-state index contributed by atoms with van der Waals surface area (Å²) in [5.74, 6) is -1.36. The van der Waals surface area contributed by atoms with E-state index in [-0.39, 0.29) is 32.3 Å². The molecule has 0 aliphatic carbocycles. The van der Waals surface area contributed by atoms with Crippen molar-refractivity contribution in [3.63, 3.8) is 0 Å². The van der Waals surface area contributed by atoms with Crippen LogP contribution in [0.2, 0.25) is 10.0 Å². The number of carbonyl (C=O) groups excluding carboxylic acids is 1. The zero-order chi connectivity index (χ0) is 32.9. The van der Waals surface area contributed by atoms with Gasteiger partial charge in [-0.15, -0.1) is 0 Å². The molecule has 242 valence electrons. The Balaban J connectivity index is 1.32. The van der Waals surface area contributed by atoms with Gasteiger partial charge in [0.25, 0.3) is 5.91 Å². The summed E-state index contributed by atoms with van der Waals surface area (Å²) in [6, 6.07) is 14.9. The number of rotatable bonds is 7. The average Bonchev–Trinajstić information content (AvgIpc) is 3.58. The van der Waals surface area contributed by atoms with Gasteiger partial charge in [-0.2, -0.15) is 9.97 Å². The maximum absolute atomic E-state index is 14.5. The number of anilines is 1. The van der Waals surface area contributed by atoms with Gasteiger partial charge in [-0.05, 0) is 48.5 Å². The Labute approximate surface area is 281 Å². The van der Waals surface area contributed by atoms with Crippen molar-refractivity contribution in [2.75, 3.05) is 50.8 Å². The van der Waals surface area contributed by atoms with Crippen LogP contribution in [0.1, 0.15) is 19.3 Å². The molecule has 3 aliphatic heterocycles. The Hall–Kier alpha value is -4.04. The minimum Gasteiger partial charge on any atom is -0.461 e. The third-order valence-corrected chi connectivity index (χ3v) is 10.3. The van der Waals surface area contributed by atoms with E-state index in [1.54, 1.807) is 0 Å². The molecule has 4 heterocycles. The molecule has 0 N–H and O–H groups in total. The number of hydrogen-bond acceptors (Lipinski definition) is 6. The number of ether oxygens (including phenoxy) is 1. The molecule has 4 aromatic rings. The lowest BCUT2D eigenvalue weighted by molar-refractivity contribution is -0.131. The lowest BCUT2D eigenvalue weighted by Crippen LogP contribution is -2.56. The summed E-state index contributed by atoms with van der Waals surface area (Å²) >= 11 is 13.7. The molecule has 3 aliphatic rings. The molecular formula is C35H32Cl2F2N6O2. The maximum atomic E-state index is 14.5. The summed E-state index contributed by atoms with van der Waals surface area (Å²) in [7, 11) is 0. The number of piperazine rings is 1. The highest BCUT2D eigenvalue weighted by atomic mass is 35.5. The fraction of sp³-hybridized carbons (Fsp3) is 0.371. The first-order chi connectivity index (χ1) is 22.7. The highest BCUT2D eigenvalue weighted by molar-refractivity contribution is 6.38. The monoisotopic (exact) mass is 676 g/mol. The van der Waals surface area contributed by atoms with Crippen LogP contribution in [-0.2, 0) is 4.79 Å². The van der Waals surface area contributed by atoms with Crippen LogP contribution in [0.15, 0.2) is 60.9 Å². The maximum Gasteiger partial charge on any atom is 0.319 e. The zero-order valence-electron chi connectivity index (χ0n) is 25.6. The Morgan fingerprint density at radius 2 is 1.89 bits per heavy atom. The summed E-state index contributed by atoms with van der Waals surface area (Å²) in [6.07, 6.45) is 1.32. The SMILES string of the molecule is [C-]#[N+]C[C@H]1CN(c2nc(OC[C@@]34CCCN3C[C@H](F)C4)nc3cc(-c4cccc5cccc(Cl)c45)c(Cl)cc23)CCN1C(=O)C(=C)F. The van der Waals surface area contributed by atoms with Crippen LogP contribution in [0.25, 0.3) is 37.6 Å². The van der Waals surface area contributed by atoms with Crippen molar-refractivity contribution in [2.45, 2.75) is 37.0 Å². The van der Waals surface area contributed by atoms with Gasteiger partial charge in [0.1, 0.15) is 24.6 Å². The summed E-state index contributed by atoms with van der Waals surface area (Å²) in [4.78, 5) is 31.3. The van der Waals surface area contributed by atoms with Gasteiger partial charge in [-0.25, -0.2) is 15.4 Å². The molecule has 0 unspecified atom stereocenters. The normalized spacial score (nSPS) is 22.9. The first-order valence-corrected chi connectivity index (χ1v) is 16.4. The van der Waals surface area contributed by atoms with E-state index >= 15 is 0 Å². The second kappa shape index (κ2) is 12.5. The van der Waals surface area contributed by atoms with Gasteiger partial charge >= 0.3 is 6.01 Å². The van der Waals surface area contributed by atoms with Gasteiger partial charge in [0.05, 0.1) is 11.1 Å². The van der Waals surface area contributed by atoms with Gasteiger partial charge in [0.2, 0.25) is 6.54 Å². The molecule has 0 radical (unpaired) electrons. The molecule has 0 bridgehead atoms. The second-order valence-electron chi connectivity index (χ2n) is 12.5. The summed E-state index contributed by atoms with van der Waals surface area (Å²) in [5, 5.41) is 3.54. The van der Waals surface area contributed by atoms with Crippen molar-refractivity contribution in [2.24, 2.45) is 0 Å². The van der Waals surface area contributed by atoms with Crippen molar-refractivity contribution in [1.82, 2.24) is 19.8 Å². The van der Waals surface area contributed by atoms with Gasteiger partial charge in [-0.3, -0.25) is 9.69 Å². The van der Waals surface area contributed by atoms with Crippen molar-refractivity contribution in [1.29, 1.82) is 0 Å². The van der Waals surface area contributed by atoms with Crippen LogP contribution in [0, 0.1) is 6.57 Å². The van der Waals surface area contributed by atoms with Crippen molar-refractivity contribution >= 4 is 56.6 Å². The van der Waals surface area contributed by atoms with Gasteiger partial charge in [0.15, 0.2) is 5.83 Å². The molecule has 1 amide bonds. The summed E-state index contributed by atoms with van der Waals surface area (Å²) in [6.45, 7) is 12.8. The minimum absolute atomic E-state index is 0.0165. The fourth-order valence-electron chi connectivity index (χ4n) is 7.52. The van der Waals surface area contributed by atoms with Crippen LogP contribution < -0.4 is 9.64 Å². The Kier molecular flexibility index (Phi) is 8.41. The standard InChI is InChI=1S/C35H32Cl2F2N6O2/c1-21(38)33(46)45-13-12-43(19-24(45)17-40-2)32-27-14-29(37)26(25-8-3-6-22-7-4-9-28(36)31(22)25)15-30(27)41-34(42-32)47-20-35-10-5-11-44(35)18-23(39)16-35/h3-4,6-9,14-15,23-24H,1,5,10-13,16-20H2/t23-,24+,35+/m1/s1. The van der Waals surface area contributed by atoms with Gasteiger partial charge < -0.3 is 19.4 Å². The first-order valence-electron chi connectivity index (χ1n) is 15.6. The molecular weight excluding hydrogens is 645 g/mol. The quantitative estimate of drug-likeness (QED) is 0.153. The molecule has 3 aromatic carbocycles. The van der Waals surface area contributed by atoms with E-state index in [4.69, 9.17) is 44.5 Å². The number of nitrogens with zero attached hydrogens (tertiary/aromatic N) is 6. The van der Waals surface area contributed by atoms with Crippen molar-refractivity contribution < 1.29 is 18.3 Å². The lowest BCUT2D eigenvalue weighted by Gasteiger charge is -2.39. The van der Waals surface area contributed by atoms with E-state index in [1.807, 2.05) is 53.4 Å². The Morgan fingerprint density at radius 3 is 2.68 bits per heavy atom. The lowest BCUT2D eigenvalue weighted by atomic mass is 9.95. The topological polar surface area (TPSA) is 66.2 Å². The third kappa shape index (κ3) is 5.75. The van der Waals surface area contributed by atoms with Crippen LogP contribution in [0.3, 0.4) is 0 Å². The number of benzene rings is 3. The number of alkyl halides is 1. The molecule has 1 aromatic heterocycles. The first kappa shape index (κ1) is 31.6. The van der Waals surface area contributed by atoms with Crippen molar-refractivity contribution in [3.05, 3.63) is 82.4 Å². The van der Waals surface area contributed by atoms with Gasteiger partial charge in [-0.1, -0.05) is 60.1 Å². The highest BCUT2D eigenvalue weighted by Gasteiger charge is 2.49. The zero-order valence-corrected chi connectivity index (χ0v) is 27.1. The van der Waals surface area contributed by atoms with E-state index in [0.717, 1.165) is 41.3 Å². The molecule has 3 fully saturated rings. The second-order valence-corrected chi connectivity index (χ2v) is 13.3. The molecule has 0 saturated carbocycles. The predicted octanol–water partition coefficient (Wildman–Crippen LogP) is 7.13. The number of fused-ring (bicyclic) bond motifs is 3. The number of carbonyl (C=O) groups is 1. The summed E-state index contributed by atoms with van der Waals surface area (Å²) in [5.41, 5.74) is 1.75. The van der Waals surface area contributed by atoms with Crippen LogP contribution in [0.4, 0.5) is 14.6 Å². The number of halogens is 4. The minimum atomic E-state index is -1.06. The van der Waals surface area contributed by atoms with Crippen LogP contribution in [-0.4, -0.2) is 89.3 Å². The number of aromatic nitrogens is 2. The molecule has 47 heavy (non-hydrogen) atoms. The predicted molar refractivity (Wildman–Crippen MR) is 180 cm³/mol. The highest BCUT2D eigenvalue weighted by Crippen LogP contribution is 2.42. The molecule has 7 rings (SSSR count). The van der Waals surface area contributed by atoms with E-state index < -0.39 is 29.5 Å². The van der Waals surface area contributed by atoms with E-state index in [0.29, 0.717) is 46.3 Å². The molecule has 3 saturated heterocycles. The number of amides is 1.